The van der Waals surface area contributed by atoms with Gasteiger partial charge >= 0.3 is 5.97 Å². The van der Waals surface area contributed by atoms with Crippen LogP contribution in [0.1, 0.15) is 49.3 Å². The van der Waals surface area contributed by atoms with E-state index in [1.54, 1.807) is 39.8 Å². The Balaban J connectivity index is 2.24. The molecular weight excluding hydrogens is 468 g/mol. The van der Waals surface area contributed by atoms with Crippen LogP contribution in [0, 0.1) is 20.8 Å². The monoisotopic (exact) mass is 500 g/mol. The number of hydrogen-bond donors (Lipinski definition) is 2. The molecule has 0 aliphatic carbocycles. The molecule has 1 aromatic heterocycles. The first-order chi connectivity index (χ1) is 16.1. The van der Waals surface area contributed by atoms with E-state index in [0.717, 1.165) is 17.5 Å². The summed E-state index contributed by atoms with van der Waals surface area (Å²) < 4.78 is 35.1. The highest BCUT2D eigenvalue weighted by atomic mass is 32.2. The molecule has 35 heavy (non-hydrogen) atoms. The third-order valence-corrected chi connectivity index (χ3v) is 7.55. The van der Waals surface area contributed by atoms with Gasteiger partial charge in [0.05, 0.1) is 29.6 Å². The van der Waals surface area contributed by atoms with E-state index in [0.29, 0.717) is 45.4 Å². The Kier molecular flexibility index (Phi) is 5.92. The fourth-order valence-corrected chi connectivity index (χ4v) is 6.01. The number of benzene rings is 2. The number of aryl methyl sites for hydroxylation is 2. The number of anilines is 1. The highest BCUT2D eigenvalue weighted by molar-refractivity contribution is 7.92. The smallest absolute Gasteiger partial charge is 0.337 e. The number of ether oxygens (including phenoxy) is 1. The topological polar surface area (TPSA) is 109 Å². The quantitative estimate of drug-likeness (QED) is 0.527. The molecule has 4 rings (SSSR count). The molecule has 0 saturated carbocycles. The number of carboxylic acid groups (broad SMARTS) is 1. The number of phenols is 1. The van der Waals surface area contributed by atoms with Gasteiger partial charge in [-0.2, -0.15) is 0 Å². The van der Waals surface area contributed by atoms with Crippen LogP contribution >= 0.6 is 0 Å². The Bertz CT molecular complexity index is 1460. The lowest BCUT2D eigenvalue weighted by Gasteiger charge is -2.34. The van der Waals surface area contributed by atoms with E-state index in [1.807, 2.05) is 26.0 Å². The molecule has 0 spiro atoms. The summed E-state index contributed by atoms with van der Waals surface area (Å²) in [4.78, 5) is 12.6. The number of carbonyl (C=O) groups is 1. The summed E-state index contributed by atoms with van der Waals surface area (Å²) in [5, 5.41) is 22.0. The van der Waals surface area contributed by atoms with E-state index in [9.17, 15) is 23.4 Å². The van der Waals surface area contributed by atoms with Crippen molar-refractivity contribution in [1.29, 1.82) is 0 Å². The molecule has 2 N–H and O–H groups in total. The van der Waals surface area contributed by atoms with Crippen LogP contribution in [0.25, 0.3) is 22.0 Å². The van der Waals surface area contributed by atoms with Crippen molar-refractivity contribution in [3.05, 3.63) is 46.6 Å². The summed E-state index contributed by atoms with van der Waals surface area (Å²) in [7, 11) is -3.63. The summed E-state index contributed by atoms with van der Waals surface area (Å²) >= 11 is 0. The van der Waals surface area contributed by atoms with Gasteiger partial charge in [0, 0.05) is 34.3 Å². The minimum absolute atomic E-state index is 0.0158. The molecule has 2 heterocycles. The van der Waals surface area contributed by atoms with Crippen LogP contribution in [-0.2, 0) is 26.1 Å². The summed E-state index contributed by atoms with van der Waals surface area (Å²) in [5.41, 5.74) is 3.97. The van der Waals surface area contributed by atoms with Crippen molar-refractivity contribution >= 4 is 32.6 Å². The largest absolute Gasteiger partial charge is 0.507 e. The Labute approximate surface area is 205 Å². The lowest BCUT2D eigenvalue weighted by Crippen LogP contribution is -2.37. The van der Waals surface area contributed by atoms with Crippen LogP contribution in [0.5, 0.6) is 5.75 Å². The van der Waals surface area contributed by atoms with Crippen LogP contribution in [0.3, 0.4) is 0 Å². The van der Waals surface area contributed by atoms with E-state index < -0.39 is 27.7 Å². The van der Waals surface area contributed by atoms with Crippen molar-refractivity contribution < 1.29 is 28.2 Å². The SMILES string of the molecule is Cc1ccc(-c2c([C@H](OC(C)(C)C)C(=O)O)c(C)c3c4c2cc(C)n4CCN3S(C)(=O)=O)c(O)c1. The minimum Gasteiger partial charge on any atom is -0.507 e. The van der Waals surface area contributed by atoms with E-state index in [-0.39, 0.29) is 12.3 Å². The molecule has 9 heteroatoms. The average Bonchev–Trinajstić information content (AvgIpc) is 3.05. The van der Waals surface area contributed by atoms with Crippen LogP contribution < -0.4 is 4.31 Å². The third kappa shape index (κ3) is 4.27. The first-order valence-electron chi connectivity index (χ1n) is 11.5. The fourth-order valence-electron chi connectivity index (χ4n) is 5.05. The summed E-state index contributed by atoms with van der Waals surface area (Å²) in [5.74, 6) is -1.18. The van der Waals surface area contributed by atoms with Crippen LogP contribution in [0.15, 0.2) is 24.3 Å². The highest BCUT2D eigenvalue weighted by Crippen LogP contribution is 2.49. The first kappa shape index (κ1) is 25.1. The molecule has 1 aliphatic rings. The maximum absolute atomic E-state index is 12.8. The van der Waals surface area contributed by atoms with Gasteiger partial charge in [0.2, 0.25) is 10.0 Å². The van der Waals surface area contributed by atoms with Crippen molar-refractivity contribution in [2.24, 2.45) is 0 Å². The van der Waals surface area contributed by atoms with Crippen molar-refractivity contribution in [3.63, 3.8) is 0 Å². The molecular formula is C26H32N2O6S. The zero-order chi connectivity index (χ0) is 26.0. The second kappa shape index (κ2) is 8.27. The second-order valence-electron chi connectivity index (χ2n) is 10.3. The lowest BCUT2D eigenvalue weighted by molar-refractivity contribution is -0.160. The van der Waals surface area contributed by atoms with Crippen molar-refractivity contribution in [1.82, 2.24) is 4.57 Å². The van der Waals surface area contributed by atoms with E-state index in [1.165, 1.54) is 4.31 Å². The minimum atomic E-state index is -3.63. The Morgan fingerprint density at radius 2 is 1.77 bits per heavy atom. The molecule has 1 atom stereocenters. The van der Waals surface area contributed by atoms with E-state index in [2.05, 4.69) is 4.57 Å². The van der Waals surface area contributed by atoms with Gasteiger partial charge in [-0.25, -0.2) is 13.2 Å². The Morgan fingerprint density at radius 1 is 1.11 bits per heavy atom. The van der Waals surface area contributed by atoms with Crippen molar-refractivity contribution in [3.8, 4) is 16.9 Å². The normalized spacial score (nSPS) is 15.0. The van der Waals surface area contributed by atoms with Crippen LogP contribution in [0.2, 0.25) is 0 Å². The molecule has 0 unspecified atom stereocenters. The molecule has 1 aliphatic heterocycles. The molecule has 188 valence electrons. The van der Waals surface area contributed by atoms with Gasteiger partial charge in [-0.15, -0.1) is 0 Å². The fraction of sp³-hybridized carbons (Fsp3) is 0.423. The zero-order valence-electron chi connectivity index (χ0n) is 21.1. The summed E-state index contributed by atoms with van der Waals surface area (Å²) in [6.45, 7) is 11.6. The third-order valence-electron chi connectivity index (χ3n) is 6.38. The lowest BCUT2D eigenvalue weighted by atomic mass is 9.86. The maximum Gasteiger partial charge on any atom is 0.337 e. The number of aromatic nitrogens is 1. The predicted molar refractivity (Wildman–Crippen MR) is 137 cm³/mol. The standard InChI is InChI=1S/C26H32N2O6S/c1-14-8-9-17(19(29)12-14)21-18-13-15(2)27-10-11-28(35(7,32)33)22(23(18)27)16(3)20(21)24(25(30)31)34-26(4,5)6/h8-9,12-13,24,29H,10-11H2,1-7H3,(H,30,31)/t24-/m0/s1. The molecule has 3 aromatic rings. The Morgan fingerprint density at radius 3 is 2.31 bits per heavy atom. The summed E-state index contributed by atoms with van der Waals surface area (Å²) in [6.07, 6.45) is -0.234. The number of aromatic hydroxyl groups is 1. The molecule has 0 fully saturated rings. The van der Waals surface area contributed by atoms with Crippen molar-refractivity contribution in [2.75, 3.05) is 17.1 Å². The van der Waals surface area contributed by atoms with Crippen molar-refractivity contribution in [2.45, 2.75) is 59.8 Å². The predicted octanol–water partition coefficient (Wildman–Crippen LogP) is 4.66. The van der Waals surface area contributed by atoms with Crippen LogP contribution in [-0.4, -0.2) is 47.6 Å². The molecule has 2 aromatic carbocycles. The Hall–Kier alpha value is -3.04. The van der Waals surface area contributed by atoms with Gasteiger partial charge in [0.1, 0.15) is 5.75 Å². The number of phenolic OH excluding ortho intramolecular Hbond substituents is 1. The van der Waals surface area contributed by atoms with Gasteiger partial charge < -0.3 is 19.5 Å². The van der Waals surface area contributed by atoms with Gasteiger partial charge in [-0.1, -0.05) is 12.1 Å². The second-order valence-corrected chi connectivity index (χ2v) is 12.2. The first-order valence-corrected chi connectivity index (χ1v) is 13.3. The summed E-state index contributed by atoms with van der Waals surface area (Å²) in [6, 6.07) is 7.18. The number of sulfonamides is 1. The number of rotatable bonds is 5. The number of aliphatic carboxylic acids is 1. The van der Waals surface area contributed by atoms with Gasteiger partial charge in [0.25, 0.3) is 0 Å². The van der Waals surface area contributed by atoms with Crippen LogP contribution in [0.4, 0.5) is 5.69 Å². The maximum atomic E-state index is 12.8. The molecule has 0 radical (unpaired) electrons. The highest BCUT2D eigenvalue weighted by Gasteiger charge is 2.38. The number of hydrogen-bond acceptors (Lipinski definition) is 5. The average molecular weight is 501 g/mol. The zero-order valence-corrected chi connectivity index (χ0v) is 21.9. The number of carboxylic acids is 1. The van der Waals surface area contributed by atoms with E-state index in [4.69, 9.17) is 4.74 Å². The van der Waals surface area contributed by atoms with Gasteiger partial charge in [-0.05, 0) is 64.8 Å². The van der Waals surface area contributed by atoms with Gasteiger partial charge in [-0.3, -0.25) is 4.31 Å². The molecule has 0 saturated heterocycles. The molecule has 8 nitrogen and oxygen atoms in total. The molecule has 0 amide bonds. The van der Waals surface area contributed by atoms with E-state index >= 15 is 0 Å². The van der Waals surface area contributed by atoms with Gasteiger partial charge in [0.15, 0.2) is 6.10 Å². The molecule has 0 bridgehead atoms. The number of nitrogens with zero attached hydrogens (tertiary/aromatic N) is 2.